The number of nitrogens with two attached hydrogens (primary N) is 3. The van der Waals surface area contributed by atoms with Crippen molar-refractivity contribution in [2.45, 2.75) is 38.5 Å². The Hall–Kier alpha value is -0.200. The van der Waals surface area contributed by atoms with Crippen LogP contribution >= 0.6 is 0 Å². The van der Waals surface area contributed by atoms with Gasteiger partial charge in [-0.25, -0.2) is 0 Å². The molecular formula is C9H27N3O2. The van der Waals surface area contributed by atoms with Gasteiger partial charge in [0.1, 0.15) is 0 Å². The summed E-state index contributed by atoms with van der Waals surface area (Å²) < 4.78 is 4.95. The van der Waals surface area contributed by atoms with E-state index in [1.54, 1.807) is 7.11 Å². The average molecular weight is 209 g/mol. The molecule has 5 heteroatoms. The summed E-state index contributed by atoms with van der Waals surface area (Å²) in [5.74, 6) is 8.00. The maximum Gasteiger partial charge on any atom is 0.0462 e. The summed E-state index contributed by atoms with van der Waals surface area (Å²) in [6.07, 6.45) is 7.66. The minimum Gasteiger partial charge on any atom is -0.412 e. The van der Waals surface area contributed by atoms with Crippen LogP contribution in [0, 0.1) is 0 Å². The molecule has 0 heterocycles. The fraction of sp³-hybridized carbons (Fsp3) is 1.00. The molecule has 0 spiro atoms. The maximum atomic E-state index is 5.37. The topological polar surface area (TPSA) is 119 Å². The van der Waals surface area contributed by atoms with E-state index in [0.29, 0.717) is 0 Å². The Balaban J connectivity index is -0.000000376. The Bertz CT molecular complexity index is 67.1. The summed E-state index contributed by atoms with van der Waals surface area (Å²) in [6.45, 7) is 1.76. The Morgan fingerprint density at radius 2 is 1.29 bits per heavy atom. The summed E-state index contributed by atoms with van der Waals surface area (Å²) in [5.41, 5.74) is 5.37. The van der Waals surface area contributed by atoms with Crippen molar-refractivity contribution >= 4 is 0 Å². The first-order chi connectivity index (χ1) is 6.41. The van der Waals surface area contributed by atoms with Crippen LogP contribution in [0.4, 0.5) is 0 Å². The van der Waals surface area contributed by atoms with Gasteiger partial charge in [-0.05, 0) is 19.4 Å². The molecule has 0 aliphatic heterocycles. The summed E-state index contributed by atoms with van der Waals surface area (Å²) >= 11 is 0. The van der Waals surface area contributed by atoms with E-state index in [0.717, 1.165) is 13.2 Å². The number of hydrazine groups is 1. The van der Waals surface area contributed by atoms with Crippen LogP contribution in [-0.4, -0.2) is 25.7 Å². The average Bonchev–Trinajstić information content (AvgIpc) is 2.20. The van der Waals surface area contributed by atoms with Gasteiger partial charge in [0.15, 0.2) is 0 Å². The molecule has 0 saturated heterocycles. The van der Waals surface area contributed by atoms with Gasteiger partial charge in [-0.3, -0.25) is 11.7 Å². The lowest BCUT2D eigenvalue weighted by molar-refractivity contribution is 0.192. The molecule has 90 valence electrons. The van der Waals surface area contributed by atoms with Crippen molar-refractivity contribution in [3.8, 4) is 0 Å². The Morgan fingerprint density at radius 1 is 0.857 bits per heavy atom. The number of hydrogen-bond acceptors (Lipinski definition) is 4. The molecule has 0 saturated carbocycles. The van der Waals surface area contributed by atoms with E-state index in [-0.39, 0.29) is 5.48 Å². The lowest BCUT2D eigenvalue weighted by Crippen LogP contribution is -2.02. The van der Waals surface area contributed by atoms with Gasteiger partial charge in [0.2, 0.25) is 0 Å². The first-order valence-corrected chi connectivity index (χ1v) is 4.94. The molecule has 0 aliphatic carbocycles. The number of rotatable bonds is 8. The van der Waals surface area contributed by atoms with Crippen molar-refractivity contribution in [3.05, 3.63) is 0 Å². The highest BCUT2D eigenvalue weighted by Gasteiger charge is 1.89. The largest absolute Gasteiger partial charge is 0.412 e. The standard InChI is InChI=1S/C9H21NO.H4N2.H2O/c1-11-9-7-5-3-2-4-6-8-10;1-2;/h2-10H2,1H3;1-2H2;1H2. The second-order valence-electron chi connectivity index (χ2n) is 2.90. The number of methoxy groups -OCH3 is 1. The Kier molecular flexibility index (Phi) is 31.9. The first kappa shape index (κ1) is 19.4. The van der Waals surface area contributed by atoms with Crippen molar-refractivity contribution in [3.63, 3.8) is 0 Å². The van der Waals surface area contributed by atoms with E-state index in [4.69, 9.17) is 10.5 Å². The molecule has 5 nitrogen and oxygen atoms in total. The summed E-state index contributed by atoms with van der Waals surface area (Å²) in [6, 6.07) is 0. The monoisotopic (exact) mass is 209 g/mol. The molecule has 0 aliphatic rings. The highest BCUT2D eigenvalue weighted by molar-refractivity contribution is 4.45. The zero-order chi connectivity index (χ0) is 10.4. The van der Waals surface area contributed by atoms with Crippen LogP contribution in [0.5, 0.6) is 0 Å². The third kappa shape index (κ3) is 22.6. The van der Waals surface area contributed by atoms with Crippen LogP contribution in [0.2, 0.25) is 0 Å². The summed E-state index contributed by atoms with van der Waals surface area (Å²) in [7, 11) is 1.76. The zero-order valence-corrected chi connectivity index (χ0v) is 9.30. The van der Waals surface area contributed by atoms with E-state index in [1.165, 1.54) is 38.5 Å². The van der Waals surface area contributed by atoms with Gasteiger partial charge in [-0.15, -0.1) is 0 Å². The molecule has 14 heavy (non-hydrogen) atoms. The molecule has 0 aromatic heterocycles. The van der Waals surface area contributed by atoms with Crippen LogP contribution in [-0.2, 0) is 4.74 Å². The first-order valence-electron chi connectivity index (χ1n) is 4.94. The fourth-order valence-corrected chi connectivity index (χ4v) is 1.10. The lowest BCUT2D eigenvalue weighted by Gasteiger charge is -1.99. The molecule has 0 amide bonds. The lowest BCUT2D eigenvalue weighted by atomic mass is 10.1. The van der Waals surface area contributed by atoms with Crippen LogP contribution in [0.3, 0.4) is 0 Å². The summed E-state index contributed by atoms with van der Waals surface area (Å²) in [5, 5.41) is 0. The minimum atomic E-state index is 0. The van der Waals surface area contributed by atoms with Crippen molar-refractivity contribution in [2.24, 2.45) is 17.4 Å². The van der Waals surface area contributed by atoms with Crippen molar-refractivity contribution in [2.75, 3.05) is 20.3 Å². The summed E-state index contributed by atoms with van der Waals surface area (Å²) in [4.78, 5) is 0. The number of ether oxygens (including phenoxy) is 1. The second-order valence-corrected chi connectivity index (χ2v) is 2.90. The molecule has 0 radical (unpaired) electrons. The van der Waals surface area contributed by atoms with Crippen LogP contribution in [0.15, 0.2) is 0 Å². The van der Waals surface area contributed by atoms with Gasteiger partial charge in [0, 0.05) is 13.7 Å². The van der Waals surface area contributed by atoms with Gasteiger partial charge >= 0.3 is 0 Å². The van der Waals surface area contributed by atoms with Gasteiger partial charge in [-0.1, -0.05) is 25.7 Å². The number of unbranched alkanes of at least 4 members (excludes halogenated alkanes) is 5. The molecule has 0 aromatic carbocycles. The van der Waals surface area contributed by atoms with Gasteiger partial charge in [0.05, 0.1) is 0 Å². The molecule has 0 atom stereocenters. The van der Waals surface area contributed by atoms with Crippen molar-refractivity contribution < 1.29 is 10.2 Å². The SMILES string of the molecule is COCCCCCCCCN.NN.O. The molecule has 8 N–H and O–H groups in total. The molecule has 0 bridgehead atoms. The number of hydrogen-bond donors (Lipinski definition) is 3. The van der Waals surface area contributed by atoms with E-state index < -0.39 is 0 Å². The molecule has 0 fully saturated rings. The van der Waals surface area contributed by atoms with Crippen molar-refractivity contribution in [1.82, 2.24) is 0 Å². The second kappa shape index (κ2) is 23.0. The predicted molar refractivity (Wildman–Crippen MR) is 60.6 cm³/mol. The molecular weight excluding hydrogens is 182 g/mol. The third-order valence-electron chi connectivity index (χ3n) is 1.80. The normalized spacial score (nSPS) is 8.57. The highest BCUT2D eigenvalue weighted by atomic mass is 16.5. The highest BCUT2D eigenvalue weighted by Crippen LogP contribution is 2.04. The smallest absolute Gasteiger partial charge is 0.0462 e. The van der Waals surface area contributed by atoms with Gasteiger partial charge in [-0.2, -0.15) is 0 Å². The molecule has 0 aromatic rings. The van der Waals surface area contributed by atoms with Crippen LogP contribution in [0.1, 0.15) is 38.5 Å². The predicted octanol–water partition coefficient (Wildman–Crippen LogP) is -0.0738. The quantitative estimate of drug-likeness (QED) is 0.294. The van der Waals surface area contributed by atoms with E-state index >= 15 is 0 Å². The van der Waals surface area contributed by atoms with Crippen LogP contribution in [0.25, 0.3) is 0 Å². The van der Waals surface area contributed by atoms with Gasteiger partial charge in [0.25, 0.3) is 0 Å². The Labute approximate surface area is 87.2 Å². The maximum absolute atomic E-state index is 5.37. The zero-order valence-electron chi connectivity index (χ0n) is 9.30. The minimum absolute atomic E-state index is 0. The van der Waals surface area contributed by atoms with Gasteiger partial charge < -0.3 is 15.9 Å². The molecule has 0 unspecified atom stereocenters. The fourth-order valence-electron chi connectivity index (χ4n) is 1.10. The van der Waals surface area contributed by atoms with Crippen LogP contribution < -0.4 is 17.4 Å². The third-order valence-corrected chi connectivity index (χ3v) is 1.80. The van der Waals surface area contributed by atoms with E-state index in [1.807, 2.05) is 0 Å². The Morgan fingerprint density at radius 3 is 1.71 bits per heavy atom. The van der Waals surface area contributed by atoms with E-state index in [9.17, 15) is 0 Å². The van der Waals surface area contributed by atoms with E-state index in [2.05, 4.69) is 11.7 Å². The van der Waals surface area contributed by atoms with Crippen molar-refractivity contribution in [1.29, 1.82) is 0 Å². The molecule has 0 rings (SSSR count).